The first-order valence-electron chi connectivity index (χ1n) is 12.2. The van der Waals surface area contributed by atoms with Gasteiger partial charge in [0.05, 0.1) is 29.2 Å². The Balaban J connectivity index is 1.24. The molecule has 2 unspecified atom stereocenters. The molecule has 3 aliphatic rings. The normalized spacial score (nSPS) is 21.5. The Kier molecular flexibility index (Phi) is 4.48. The number of hydrogen-bond acceptors (Lipinski definition) is 5. The topological polar surface area (TPSA) is 71.6 Å². The van der Waals surface area contributed by atoms with E-state index in [0.29, 0.717) is 17.6 Å². The van der Waals surface area contributed by atoms with Crippen LogP contribution in [-0.2, 0) is 13.5 Å². The number of aryl methyl sites for hydroxylation is 1. The van der Waals surface area contributed by atoms with Gasteiger partial charge in [-0.1, -0.05) is 6.08 Å². The highest BCUT2D eigenvalue weighted by molar-refractivity contribution is 5.97. The Morgan fingerprint density at radius 1 is 0.971 bits per heavy atom. The standard InChI is InChI=1S/C27H27N7O/c1-31-15-20-3-4-21(16-31)34(20)27(35)18-9-23-22(5-6-25(23)28-11-18)17-7-8-33-26(10-17)24(13-30-33)19-12-29-32(2)14-19/h5,7-14,20-21H,3-4,6,15-16H2,1-2H3. The van der Waals surface area contributed by atoms with Crippen molar-refractivity contribution in [3.63, 3.8) is 0 Å². The zero-order valence-electron chi connectivity index (χ0n) is 19.9. The molecule has 6 heterocycles. The van der Waals surface area contributed by atoms with Crippen molar-refractivity contribution in [3.8, 4) is 11.1 Å². The molecule has 176 valence electrons. The maximum absolute atomic E-state index is 13.6. The van der Waals surface area contributed by atoms with E-state index in [0.717, 1.165) is 71.4 Å². The summed E-state index contributed by atoms with van der Waals surface area (Å²) in [5.41, 5.74) is 8.13. The van der Waals surface area contributed by atoms with Crippen molar-refractivity contribution in [1.82, 2.24) is 34.2 Å². The molecule has 7 rings (SSSR count). The van der Waals surface area contributed by atoms with E-state index in [2.05, 4.69) is 51.3 Å². The molecule has 0 saturated carbocycles. The summed E-state index contributed by atoms with van der Waals surface area (Å²) in [6.07, 6.45) is 14.7. The van der Waals surface area contributed by atoms with Crippen LogP contribution < -0.4 is 0 Å². The third kappa shape index (κ3) is 3.24. The lowest BCUT2D eigenvalue weighted by atomic mass is 9.99. The van der Waals surface area contributed by atoms with Gasteiger partial charge in [-0.05, 0) is 49.2 Å². The number of aromatic nitrogens is 5. The average molecular weight is 466 g/mol. The molecular weight excluding hydrogens is 438 g/mol. The molecule has 8 nitrogen and oxygen atoms in total. The molecule has 8 heteroatoms. The fourth-order valence-corrected chi connectivity index (χ4v) is 6.11. The van der Waals surface area contributed by atoms with Gasteiger partial charge in [0.1, 0.15) is 0 Å². The number of likely N-dealkylation sites (tertiary alicyclic amines) is 1. The molecule has 4 aromatic heterocycles. The van der Waals surface area contributed by atoms with Gasteiger partial charge in [-0.25, -0.2) is 4.52 Å². The van der Waals surface area contributed by atoms with Crippen LogP contribution in [0.3, 0.4) is 0 Å². The molecule has 2 fully saturated rings. The van der Waals surface area contributed by atoms with Crippen LogP contribution in [0.5, 0.6) is 0 Å². The van der Waals surface area contributed by atoms with E-state index in [1.54, 1.807) is 10.9 Å². The second-order valence-electron chi connectivity index (χ2n) is 10.1. The van der Waals surface area contributed by atoms with Gasteiger partial charge in [-0.15, -0.1) is 0 Å². The Hall–Kier alpha value is -3.78. The van der Waals surface area contributed by atoms with Crippen molar-refractivity contribution in [2.24, 2.45) is 7.05 Å². The van der Waals surface area contributed by atoms with E-state index < -0.39 is 0 Å². The van der Waals surface area contributed by atoms with Gasteiger partial charge < -0.3 is 9.80 Å². The van der Waals surface area contributed by atoms with Crippen molar-refractivity contribution in [2.45, 2.75) is 31.3 Å². The van der Waals surface area contributed by atoms with Gasteiger partial charge in [0.15, 0.2) is 0 Å². The van der Waals surface area contributed by atoms with Crippen LogP contribution >= 0.6 is 0 Å². The number of piperazine rings is 1. The van der Waals surface area contributed by atoms with Crippen LogP contribution in [-0.4, -0.2) is 72.3 Å². The predicted molar refractivity (Wildman–Crippen MR) is 133 cm³/mol. The third-order valence-corrected chi connectivity index (χ3v) is 7.75. The molecule has 35 heavy (non-hydrogen) atoms. The first-order chi connectivity index (χ1) is 17.0. The monoisotopic (exact) mass is 465 g/mol. The van der Waals surface area contributed by atoms with Crippen LogP contribution in [0, 0.1) is 0 Å². The highest BCUT2D eigenvalue weighted by atomic mass is 16.2. The number of carbonyl (C=O) groups is 1. The van der Waals surface area contributed by atoms with Gasteiger partial charge in [0.2, 0.25) is 0 Å². The number of rotatable bonds is 3. The van der Waals surface area contributed by atoms with Crippen molar-refractivity contribution in [2.75, 3.05) is 20.1 Å². The number of carbonyl (C=O) groups excluding carboxylic acids is 1. The second-order valence-corrected chi connectivity index (χ2v) is 10.1. The fraction of sp³-hybridized carbons (Fsp3) is 0.333. The van der Waals surface area contributed by atoms with E-state index in [-0.39, 0.29) is 5.91 Å². The van der Waals surface area contributed by atoms with Crippen LogP contribution in [0.1, 0.15) is 40.0 Å². The second kappa shape index (κ2) is 7.61. The van der Waals surface area contributed by atoms with Crippen molar-refractivity contribution in [3.05, 3.63) is 77.6 Å². The van der Waals surface area contributed by atoms with Crippen LogP contribution in [0.2, 0.25) is 0 Å². The van der Waals surface area contributed by atoms with Gasteiger partial charge in [-0.3, -0.25) is 14.5 Å². The first-order valence-corrected chi connectivity index (χ1v) is 12.2. The molecule has 1 amide bonds. The lowest BCUT2D eigenvalue weighted by Crippen LogP contribution is -2.54. The molecule has 2 saturated heterocycles. The molecule has 0 radical (unpaired) electrons. The number of pyridine rings is 2. The van der Waals surface area contributed by atoms with E-state index in [9.17, 15) is 4.79 Å². The minimum Gasteiger partial charge on any atom is -0.330 e. The highest BCUT2D eigenvalue weighted by Crippen LogP contribution is 2.36. The summed E-state index contributed by atoms with van der Waals surface area (Å²) < 4.78 is 3.69. The number of amides is 1. The molecule has 0 aromatic carbocycles. The van der Waals surface area contributed by atoms with Crippen molar-refractivity contribution < 1.29 is 4.79 Å². The van der Waals surface area contributed by atoms with Crippen molar-refractivity contribution in [1.29, 1.82) is 0 Å². The SMILES string of the molecule is CN1CC2CCC(C1)N2C(=O)c1cnc2c(c1)C(c1ccn3ncc(-c4cnn(C)c4)c3c1)=CC2. The maximum atomic E-state index is 13.6. The number of hydrogen-bond donors (Lipinski definition) is 0. The van der Waals surface area contributed by atoms with E-state index in [1.165, 1.54) is 0 Å². The smallest absolute Gasteiger partial charge is 0.256 e. The summed E-state index contributed by atoms with van der Waals surface area (Å²) >= 11 is 0. The zero-order chi connectivity index (χ0) is 23.7. The molecular formula is C27H27N7O. The maximum Gasteiger partial charge on any atom is 0.256 e. The Morgan fingerprint density at radius 2 is 1.80 bits per heavy atom. The first kappa shape index (κ1) is 20.6. The molecule has 2 bridgehead atoms. The third-order valence-electron chi connectivity index (χ3n) is 7.75. The zero-order valence-corrected chi connectivity index (χ0v) is 19.9. The van der Waals surface area contributed by atoms with E-state index in [4.69, 9.17) is 4.98 Å². The predicted octanol–water partition coefficient (Wildman–Crippen LogP) is 3.04. The van der Waals surface area contributed by atoms with Crippen molar-refractivity contribution >= 4 is 17.0 Å². The van der Waals surface area contributed by atoms with E-state index >= 15 is 0 Å². The number of likely N-dealkylation sites (N-methyl/N-ethyl adjacent to an activating group) is 1. The molecule has 0 N–H and O–H groups in total. The van der Waals surface area contributed by atoms with Crippen LogP contribution in [0.4, 0.5) is 0 Å². The summed E-state index contributed by atoms with van der Waals surface area (Å²) in [4.78, 5) is 22.8. The largest absolute Gasteiger partial charge is 0.330 e. The lowest BCUT2D eigenvalue weighted by molar-refractivity contribution is 0.0472. The minimum atomic E-state index is 0.122. The number of allylic oxidation sites excluding steroid dienone is 1. The van der Waals surface area contributed by atoms with Crippen LogP contribution in [0.15, 0.2) is 55.3 Å². The quantitative estimate of drug-likeness (QED) is 0.465. The molecule has 1 aliphatic carbocycles. The Morgan fingerprint density at radius 3 is 2.57 bits per heavy atom. The summed E-state index contributed by atoms with van der Waals surface area (Å²) in [6.45, 7) is 1.91. The summed E-state index contributed by atoms with van der Waals surface area (Å²) in [6, 6.07) is 6.94. The average Bonchev–Trinajstić information content (AvgIpc) is 3.62. The minimum absolute atomic E-state index is 0.122. The highest BCUT2D eigenvalue weighted by Gasteiger charge is 2.42. The van der Waals surface area contributed by atoms with E-state index in [1.807, 2.05) is 36.4 Å². The lowest BCUT2D eigenvalue weighted by Gasteiger charge is -2.39. The van der Waals surface area contributed by atoms with Gasteiger partial charge in [0, 0.05) is 73.9 Å². The molecule has 4 aromatic rings. The Labute approximate surface area is 203 Å². The summed E-state index contributed by atoms with van der Waals surface area (Å²) in [5.74, 6) is 0.122. The van der Waals surface area contributed by atoms with Crippen LogP contribution in [0.25, 0.3) is 22.2 Å². The molecule has 2 atom stereocenters. The summed E-state index contributed by atoms with van der Waals surface area (Å²) in [7, 11) is 4.07. The molecule has 2 aliphatic heterocycles. The Bertz CT molecular complexity index is 1500. The van der Waals surface area contributed by atoms with Gasteiger partial charge >= 0.3 is 0 Å². The van der Waals surface area contributed by atoms with Gasteiger partial charge in [0.25, 0.3) is 5.91 Å². The fourth-order valence-electron chi connectivity index (χ4n) is 6.11. The van der Waals surface area contributed by atoms with Gasteiger partial charge in [-0.2, -0.15) is 10.2 Å². The number of fused-ring (bicyclic) bond motifs is 4. The number of nitrogens with zero attached hydrogens (tertiary/aromatic N) is 7. The molecule has 0 spiro atoms. The summed E-state index contributed by atoms with van der Waals surface area (Å²) in [5, 5.41) is 8.84.